The van der Waals surface area contributed by atoms with Gasteiger partial charge in [0.25, 0.3) is 5.91 Å². The number of likely N-dealkylation sites (N-methyl/N-ethyl adjacent to an activating group) is 1. The highest BCUT2D eigenvalue weighted by molar-refractivity contribution is 5.94. The van der Waals surface area contributed by atoms with Crippen molar-refractivity contribution >= 4 is 5.91 Å². The van der Waals surface area contributed by atoms with Gasteiger partial charge in [0.1, 0.15) is 5.82 Å². The van der Waals surface area contributed by atoms with Gasteiger partial charge in [0.05, 0.1) is 6.04 Å². The largest absolute Gasteiger partial charge is 0.328 e. The van der Waals surface area contributed by atoms with Crippen molar-refractivity contribution in [1.29, 1.82) is 0 Å². The average molecular weight is 354 g/mol. The Morgan fingerprint density at radius 3 is 3.00 bits per heavy atom. The van der Waals surface area contributed by atoms with E-state index < -0.39 is 5.82 Å². The summed E-state index contributed by atoms with van der Waals surface area (Å²) in [5, 5.41) is 0. The van der Waals surface area contributed by atoms with E-state index in [1.807, 2.05) is 11.1 Å². The number of hydrogen-bond acceptors (Lipinski definition) is 4. The number of nitrogens with zero attached hydrogens (tertiary/aromatic N) is 4. The highest BCUT2D eigenvalue weighted by atomic mass is 19.1. The Morgan fingerprint density at radius 2 is 2.15 bits per heavy atom. The van der Waals surface area contributed by atoms with Crippen molar-refractivity contribution < 1.29 is 9.18 Å². The Kier molecular flexibility index (Phi) is 4.68. The van der Waals surface area contributed by atoms with E-state index in [0.29, 0.717) is 12.1 Å². The molecule has 0 spiro atoms. The van der Waals surface area contributed by atoms with Crippen LogP contribution in [0.3, 0.4) is 0 Å². The number of benzene rings is 1. The third-order valence-corrected chi connectivity index (χ3v) is 5.28. The van der Waals surface area contributed by atoms with Crippen molar-refractivity contribution in [3.63, 3.8) is 0 Å². The molecule has 1 saturated heterocycles. The van der Waals surface area contributed by atoms with Gasteiger partial charge in [-0.05, 0) is 44.5 Å². The predicted octanol–water partition coefficient (Wildman–Crippen LogP) is 2.97. The molecule has 5 nitrogen and oxygen atoms in total. The first-order valence-corrected chi connectivity index (χ1v) is 9.21. The summed E-state index contributed by atoms with van der Waals surface area (Å²) in [7, 11) is 2.09. The number of halogens is 1. The van der Waals surface area contributed by atoms with Gasteiger partial charge in [0.2, 0.25) is 0 Å². The molecule has 0 aliphatic carbocycles. The minimum atomic E-state index is -0.390. The Bertz CT molecular complexity index is 825. The van der Waals surface area contributed by atoms with Crippen LogP contribution in [0, 0.1) is 5.82 Å². The van der Waals surface area contributed by atoms with Crippen molar-refractivity contribution in [3.05, 3.63) is 58.9 Å². The van der Waals surface area contributed by atoms with Crippen LogP contribution in [-0.2, 0) is 13.0 Å². The van der Waals surface area contributed by atoms with E-state index in [1.54, 1.807) is 12.1 Å². The van der Waals surface area contributed by atoms with E-state index in [0.717, 1.165) is 50.3 Å². The summed E-state index contributed by atoms with van der Waals surface area (Å²) >= 11 is 0. The number of carbonyl (C=O) groups excluding carboxylic acids is 1. The van der Waals surface area contributed by atoms with Crippen LogP contribution in [-0.4, -0.2) is 45.8 Å². The number of hydrogen-bond donors (Lipinski definition) is 0. The zero-order valence-corrected chi connectivity index (χ0v) is 15.0. The molecule has 2 aliphatic heterocycles. The lowest BCUT2D eigenvalue weighted by Crippen LogP contribution is -2.39. The van der Waals surface area contributed by atoms with E-state index >= 15 is 0 Å². The topological polar surface area (TPSA) is 49.3 Å². The first kappa shape index (κ1) is 17.1. The lowest BCUT2D eigenvalue weighted by Gasteiger charge is -2.35. The number of aromatic nitrogens is 2. The van der Waals surface area contributed by atoms with Crippen LogP contribution in [0.15, 0.2) is 30.5 Å². The number of piperidine rings is 1. The summed E-state index contributed by atoms with van der Waals surface area (Å²) in [6.45, 7) is 2.51. The number of carbonyl (C=O) groups is 1. The van der Waals surface area contributed by atoms with Crippen molar-refractivity contribution in [3.8, 4) is 0 Å². The summed E-state index contributed by atoms with van der Waals surface area (Å²) in [6, 6.07) is 5.77. The molecule has 26 heavy (non-hydrogen) atoms. The van der Waals surface area contributed by atoms with Gasteiger partial charge in [-0.2, -0.15) is 0 Å². The van der Waals surface area contributed by atoms with Gasteiger partial charge in [0, 0.05) is 49.1 Å². The van der Waals surface area contributed by atoms with Crippen LogP contribution in [0.5, 0.6) is 0 Å². The first-order valence-electron chi connectivity index (χ1n) is 9.21. The molecular weight excluding hydrogens is 331 g/mol. The maximum Gasteiger partial charge on any atom is 0.254 e. The highest BCUT2D eigenvalue weighted by Gasteiger charge is 2.31. The normalized spacial score (nSPS) is 20.7. The van der Waals surface area contributed by atoms with E-state index in [1.165, 1.54) is 17.7 Å². The van der Waals surface area contributed by atoms with E-state index in [9.17, 15) is 9.18 Å². The SMILES string of the molecule is CN1CCc2nc([C@H]3CCCCN3C(=O)c3cccc(F)c3)ncc2C1. The molecule has 0 unspecified atom stereocenters. The third-order valence-electron chi connectivity index (χ3n) is 5.28. The molecule has 6 heteroatoms. The van der Waals surface area contributed by atoms with E-state index in [4.69, 9.17) is 4.98 Å². The second kappa shape index (κ2) is 7.11. The minimum Gasteiger partial charge on any atom is -0.328 e. The van der Waals surface area contributed by atoms with Crippen LogP contribution in [0.2, 0.25) is 0 Å². The minimum absolute atomic E-state index is 0.135. The summed E-state index contributed by atoms with van der Waals surface area (Å²) in [5.41, 5.74) is 2.65. The molecule has 1 atom stereocenters. The van der Waals surface area contributed by atoms with Crippen LogP contribution in [0.1, 0.15) is 52.7 Å². The van der Waals surface area contributed by atoms with Gasteiger partial charge in [-0.1, -0.05) is 6.07 Å². The summed E-state index contributed by atoms with van der Waals surface area (Å²) in [4.78, 5) is 26.4. The smallest absolute Gasteiger partial charge is 0.254 e. The standard InChI is InChI=1S/C20H23FN4O/c1-24-10-8-17-15(13-24)12-22-19(23-17)18-7-2-3-9-25(18)20(26)14-5-4-6-16(21)11-14/h4-6,11-12,18H,2-3,7-10,13H2,1H3/t18-/m1/s1. The van der Waals surface area contributed by atoms with E-state index in [2.05, 4.69) is 16.9 Å². The molecule has 1 amide bonds. The molecule has 3 heterocycles. The number of likely N-dealkylation sites (tertiary alicyclic amines) is 1. The van der Waals surface area contributed by atoms with Crippen molar-refractivity contribution in [2.45, 2.75) is 38.3 Å². The molecule has 2 aliphatic rings. The van der Waals surface area contributed by atoms with Crippen LogP contribution < -0.4 is 0 Å². The molecule has 0 N–H and O–H groups in total. The zero-order valence-electron chi connectivity index (χ0n) is 15.0. The zero-order chi connectivity index (χ0) is 18.1. The van der Waals surface area contributed by atoms with Gasteiger partial charge >= 0.3 is 0 Å². The quantitative estimate of drug-likeness (QED) is 0.832. The Balaban J connectivity index is 1.63. The molecular formula is C20H23FN4O. The molecule has 0 saturated carbocycles. The molecule has 0 radical (unpaired) electrons. The van der Waals surface area contributed by atoms with Crippen molar-refractivity contribution in [2.24, 2.45) is 0 Å². The number of rotatable bonds is 2. The van der Waals surface area contributed by atoms with Gasteiger partial charge in [-0.3, -0.25) is 4.79 Å². The Morgan fingerprint density at radius 1 is 1.27 bits per heavy atom. The van der Waals surface area contributed by atoms with Crippen LogP contribution in [0.25, 0.3) is 0 Å². The van der Waals surface area contributed by atoms with Crippen LogP contribution >= 0.6 is 0 Å². The molecule has 2 aromatic rings. The molecule has 0 bridgehead atoms. The van der Waals surface area contributed by atoms with Gasteiger partial charge in [-0.25, -0.2) is 14.4 Å². The molecule has 4 rings (SSSR count). The van der Waals surface area contributed by atoms with Gasteiger partial charge in [-0.15, -0.1) is 0 Å². The average Bonchev–Trinajstić information content (AvgIpc) is 2.67. The van der Waals surface area contributed by atoms with E-state index in [-0.39, 0.29) is 11.9 Å². The van der Waals surface area contributed by atoms with Gasteiger partial charge in [0.15, 0.2) is 5.82 Å². The molecule has 136 valence electrons. The summed E-state index contributed by atoms with van der Waals surface area (Å²) in [6.07, 6.45) is 5.66. The lowest BCUT2D eigenvalue weighted by atomic mass is 9.99. The monoisotopic (exact) mass is 354 g/mol. The maximum absolute atomic E-state index is 13.5. The fourth-order valence-corrected chi connectivity index (χ4v) is 3.86. The Labute approximate surface area is 152 Å². The maximum atomic E-state index is 13.5. The van der Waals surface area contributed by atoms with Crippen LogP contribution in [0.4, 0.5) is 4.39 Å². The summed E-state index contributed by atoms with van der Waals surface area (Å²) in [5.74, 6) is 0.187. The second-order valence-electron chi connectivity index (χ2n) is 7.21. The molecule has 1 aromatic carbocycles. The molecule has 1 fully saturated rings. The van der Waals surface area contributed by atoms with Crippen molar-refractivity contribution in [1.82, 2.24) is 19.8 Å². The fraction of sp³-hybridized carbons (Fsp3) is 0.450. The summed E-state index contributed by atoms with van der Waals surface area (Å²) < 4.78 is 13.5. The van der Waals surface area contributed by atoms with Gasteiger partial charge < -0.3 is 9.80 Å². The predicted molar refractivity (Wildman–Crippen MR) is 96.1 cm³/mol. The lowest BCUT2D eigenvalue weighted by molar-refractivity contribution is 0.0598. The molecule has 1 aromatic heterocycles. The number of amides is 1. The first-order chi connectivity index (χ1) is 12.6. The Hall–Kier alpha value is -2.34. The fourth-order valence-electron chi connectivity index (χ4n) is 3.86. The van der Waals surface area contributed by atoms with Crippen molar-refractivity contribution in [2.75, 3.05) is 20.1 Å². The highest BCUT2D eigenvalue weighted by Crippen LogP contribution is 2.31. The third kappa shape index (κ3) is 3.33. The number of fused-ring (bicyclic) bond motifs is 1. The second-order valence-corrected chi connectivity index (χ2v) is 7.21.